The summed E-state index contributed by atoms with van der Waals surface area (Å²) in [7, 11) is 0. The quantitative estimate of drug-likeness (QED) is 0.869. The lowest BCUT2D eigenvalue weighted by Crippen LogP contribution is -1.98. The monoisotopic (exact) mass is 314 g/mol. The van der Waals surface area contributed by atoms with Crippen LogP contribution in [0.5, 0.6) is 0 Å². The highest BCUT2D eigenvalue weighted by atomic mass is 79.9. The van der Waals surface area contributed by atoms with Gasteiger partial charge in [0.25, 0.3) is 0 Å². The molecule has 0 aliphatic rings. The van der Waals surface area contributed by atoms with Crippen LogP contribution in [-0.4, -0.2) is 4.98 Å². The number of hydrogen-bond donors (Lipinski definition) is 1. The van der Waals surface area contributed by atoms with Gasteiger partial charge in [-0.15, -0.1) is 0 Å². The summed E-state index contributed by atoms with van der Waals surface area (Å²) in [6.45, 7) is 1.89. The molecule has 0 radical (unpaired) electrons. The molecule has 2 aromatic rings. The van der Waals surface area contributed by atoms with Gasteiger partial charge in [-0.25, -0.2) is 9.37 Å². The number of nitrogens with one attached hydrogen (secondary N) is 1. The van der Waals surface area contributed by atoms with Gasteiger partial charge in [0.1, 0.15) is 5.82 Å². The number of benzene rings is 1. The Morgan fingerprint density at radius 2 is 2.18 bits per heavy atom. The number of halogens is 3. The predicted molar refractivity (Wildman–Crippen MR) is 71.4 cm³/mol. The maximum absolute atomic E-state index is 13.7. The number of pyridine rings is 1. The first-order chi connectivity index (χ1) is 8.08. The molecule has 2 nitrogen and oxygen atoms in total. The molecule has 0 atom stereocenters. The maximum atomic E-state index is 13.7. The highest BCUT2D eigenvalue weighted by Crippen LogP contribution is 2.26. The van der Waals surface area contributed by atoms with Crippen LogP contribution in [0.1, 0.15) is 5.56 Å². The molecule has 0 unspecified atom stereocenters. The summed E-state index contributed by atoms with van der Waals surface area (Å²) >= 11 is 9.02. The van der Waals surface area contributed by atoms with Gasteiger partial charge in [-0.2, -0.15) is 0 Å². The van der Waals surface area contributed by atoms with E-state index < -0.39 is 5.82 Å². The molecule has 5 heteroatoms. The van der Waals surface area contributed by atoms with Crippen LogP contribution in [0, 0.1) is 12.7 Å². The van der Waals surface area contributed by atoms with Crippen molar-refractivity contribution in [3.63, 3.8) is 0 Å². The van der Waals surface area contributed by atoms with E-state index in [0.717, 1.165) is 10.0 Å². The van der Waals surface area contributed by atoms with Gasteiger partial charge in [-0.1, -0.05) is 17.7 Å². The van der Waals surface area contributed by atoms with Gasteiger partial charge >= 0.3 is 0 Å². The molecule has 17 heavy (non-hydrogen) atoms. The van der Waals surface area contributed by atoms with Crippen molar-refractivity contribution in [2.24, 2.45) is 0 Å². The van der Waals surface area contributed by atoms with E-state index in [9.17, 15) is 4.39 Å². The Morgan fingerprint density at radius 3 is 2.88 bits per heavy atom. The molecule has 2 rings (SSSR count). The number of anilines is 2. The Bertz CT molecular complexity index is 560. The van der Waals surface area contributed by atoms with Gasteiger partial charge in [0, 0.05) is 10.7 Å². The molecule has 0 aliphatic heterocycles. The summed E-state index contributed by atoms with van der Waals surface area (Å²) in [6, 6.07) is 6.70. The standard InChI is InChI=1S/C12H9BrClFN2/c1-7-5-8(13)6-16-12(7)17-10-4-2-3-9(14)11(10)15/h2-6H,1H3,(H,16,17). The summed E-state index contributed by atoms with van der Waals surface area (Å²) in [5, 5.41) is 3.00. The summed E-state index contributed by atoms with van der Waals surface area (Å²) in [6.07, 6.45) is 1.65. The highest BCUT2D eigenvalue weighted by Gasteiger charge is 2.08. The SMILES string of the molecule is Cc1cc(Br)cnc1Nc1cccc(Cl)c1F. The Kier molecular flexibility index (Phi) is 3.64. The van der Waals surface area contributed by atoms with E-state index in [4.69, 9.17) is 11.6 Å². The average molecular weight is 316 g/mol. The number of aromatic nitrogens is 1. The summed E-state index contributed by atoms with van der Waals surface area (Å²) in [4.78, 5) is 4.18. The molecule has 88 valence electrons. The van der Waals surface area contributed by atoms with Crippen molar-refractivity contribution in [3.05, 3.63) is 51.3 Å². The predicted octanol–water partition coefficient (Wildman–Crippen LogP) is 4.69. The third kappa shape index (κ3) is 2.76. The smallest absolute Gasteiger partial charge is 0.165 e. The van der Waals surface area contributed by atoms with Gasteiger partial charge in [-0.3, -0.25) is 0 Å². The molecule has 0 spiro atoms. The van der Waals surface area contributed by atoms with Crippen LogP contribution in [-0.2, 0) is 0 Å². The van der Waals surface area contributed by atoms with Crippen LogP contribution in [0.15, 0.2) is 34.9 Å². The minimum absolute atomic E-state index is 0.0877. The largest absolute Gasteiger partial charge is 0.338 e. The lowest BCUT2D eigenvalue weighted by molar-refractivity contribution is 0.632. The molecule has 0 saturated heterocycles. The topological polar surface area (TPSA) is 24.9 Å². The van der Waals surface area contributed by atoms with Gasteiger partial charge in [0.05, 0.1) is 10.7 Å². The van der Waals surface area contributed by atoms with E-state index in [1.54, 1.807) is 18.3 Å². The molecule has 0 fully saturated rings. The van der Waals surface area contributed by atoms with Gasteiger partial charge in [0.15, 0.2) is 5.82 Å². The lowest BCUT2D eigenvalue weighted by atomic mass is 10.2. The number of hydrogen-bond acceptors (Lipinski definition) is 2. The Hall–Kier alpha value is -1.13. The second kappa shape index (κ2) is 5.02. The van der Waals surface area contributed by atoms with Crippen LogP contribution in [0.3, 0.4) is 0 Å². The van der Waals surface area contributed by atoms with Crippen molar-refractivity contribution in [2.45, 2.75) is 6.92 Å². The van der Waals surface area contributed by atoms with E-state index >= 15 is 0 Å². The molecule has 0 bridgehead atoms. The Balaban J connectivity index is 2.35. The second-order valence-corrected chi connectivity index (χ2v) is 4.87. The van der Waals surface area contributed by atoms with E-state index in [1.807, 2.05) is 13.0 Å². The van der Waals surface area contributed by atoms with Crippen molar-refractivity contribution >= 4 is 39.0 Å². The summed E-state index contributed by atoms with van der Waals surface area (Å²) in [5.41, 5.74) is 1.23. The molecule has 1 aromatic heterocycles. The van der Waals surface area contributed by atoms with Crippen molar-refractivity contribution in [3.8, 4) is 0 Å². The molecule has 1 N–H and O–H groups in total. The molecular weight excluding hydrogens is 307 g/mol. The number of aryl methyl sites for hydroxylation is 1. The maximum Gasteiger partial charge on any atom is 0.165 e. The van der Waals surface area contributed by atoms with Crippen LogP contribution in [0.25, 0.3) is 0 Å². The van der Waals surface area contributed by atoms with Gasteiger partial charge in [-0.05, 0) is 46.6 Å². The normalized spacial score (nSPS) is 10.4. The fourth-order valence-electron chi connectivity index (χ4n) is 1.40. The third-order valence-electron chi connectivity index (χ3n) is 2.25. The summed E-state index contributed by atoms with van der Waals surface area (Å²) in [5.74, 6) is 0.132. The molecule has 1 aromatic carbocycles. The van der Waals surface area contributed by atoms with Crippen molar-refractivity contribution < 1.29 is 4.39 Å². The average Bonchev–Trinajstić information content (AvgIpc) is 2.28. The summed E-state index contributed by atoms with van der Waals surface area (Å²) < 4.78 is 14.5. The van der Waals surface area contributed by atoms with Crippen molar-refractivity contribution in [2.75, 3.05) is 5.32 Å². The number of nitrogens with zero attached hydrogens (tertiary/aromatic N) is 1. The zero-order valence-corrected chi connectivity index (χ0v) is 11.3. The molecule has 0 saturated carbocycles. The Morgan fingerprint density at radius 1 is 1.41 bits per heavy atom. The Labute approximate surface area is 112 Å². The fraction of sp³-hybridized carbons (Fsp3) is 0.0833. The van der Waals surface area contributed by atoms with Gasteiger partial charge < -0.3 is 5.32 Å². The van der Waals surface area contributed by atoms with Crippen LogP contribution < -0.4 is 5.32 Å². The first-order valence-electron chi connectivity index (χ1n) is 4.91. The first-order valence-corrected chi connectivity index (χ1v) is 6.08. The van der Waals surface area contributed by atoms with E-state index in [0.29, 0.717) is 11.5 Å². The zero-order valence-electron chi connectivity index (χ0n) is 8.97. The zero-order chi connectivity index (χ0) is 12.4. The molecule has 0 amide bonds. The lowest BCUT2D eigenvalue weighted by Gasteiger charge is -2.10. The van der Waals surface area contributed by atoms with Crippen LogP contribution >= 0.6 is 27.5 Å². The minimum atomic E-state index is -0.474. The van der Waals surface area contributed by atoms with Crippen molar-refractivity contribution in [1.29, 1.82) is 0 Å². The first kappa shape index (κ1) is 12.3. The number of rotatable bonds is 2. The second-order valence-electron chi connectivity index (χ2n) is 3.55. The van der Waals surface area contributed by atoms with Gasteiger partial charge in [0.2, 0.25) is 0 Å². The highest BCUT2D eigenvalue weighted by molar-refractivity contribution is 9.10. The van der Waals surface area contributed by atoms with Crippen LogP contribution in [0.4, 0.5) is 15.9 Å². The van der Waals surface area contributed by atoms with Crippen LogP contribution in [0.2, 0.25) is 5.02 Å². The molecule has 0 aliphatic carbocycles. The van der Waals surface area contributed by atoms with E-state index in [2.05, 4.69) is 26.2 Å². The van der Waals surface area contributed by atoms with Crippen molar-refractivity contribution in [1.82, 2.24) is 4.98 Å². The molecular formula is C12H9BrClFN2. The van der Waals surface area contributed by atoms with E-state index in [-0.39, 0.29) is 5.02 Å². The third-order valence-corrected chi connectivity index (χ3v) is 2.98. The van der Waals surface area contributed by atoms with E-state index in [1.165, 1.54) is 6.07 Å². The minimum Gasteiger partial charge on any atom is -0.338 e. The molecule has 1 heterocycles. The fourth-order valence-corrected chi connectivity index (χ4v) is 2.02.